The number of nitrogens with zero attached hydrogens (tertiary/aromatic N) is 3. The second-order valence-electron chi connectivity index (χ2n) is 18.5. The van der Waals surface area contributed by atoms with Gasteiger partial charge in [0.05, 0.1) is 13.2 Å². The predicted octanol–water partition coefficient (Wildman–Crippen LogP) is 7.79. The number of fused-ring (bicyclic) bond motifs is 3. The number of benzene rings is 3. The van der Waals surface area contributed by atoms with Gasteiger partial charge in [-0.2, -0.15) is 0 Å². The molecule has 310 valence electrons. The van der Waals surface area contributed by atoms with E-state index in [4.69, 9.17) is 14.2 Å². The molecule has 4 atom stereocenters. The third-order valence-electron chi connectivity index (χ3n) is 12.2. The molecule has 0 unspecified atom stereocenters. The third kappa shape index (κ3) is 9.20. The van der Waals surface area contributed by atoms with E-state index in [1.165, 1.54) is 0 Å². The van der Waals surface area contributed by atoms with Crippen molar-refractivity contribution in [2.75, 3.05) is 45.9 Å². The van der Waals surface area contributed by atoms with Crippen molar-refractivity contribution in [3.8, 4) is 11.1 Å². The molecule has 11 nitrogen and oxygen atoms in total. The van der Waals surface area contributed by atoms with Gasteiger partial charge in [0.2, 0.25) is 11.8 Å². The Morgan fingerprint density at radius 2 is 1.40 bits per heavy atom. The number of carbonyl (C=O) groups excluding carboxylic acids is 4. The zero-order valence-electron chi connectivity index (χ0n) is 34.9. The lowest BCUT2D eigenvalue weighted by Gasteiger charge is -2.40. The van der Waals surface area contributed by atoms with Crippen LogP contribution in [0.25, 0.3) is 11.1 Å². The Balaban J connectivity index is 1.07. The Labute approximate surface area is 343 Å². The molecule has 1 aliphatic carbocycles. The van der Waals surface area contributed by atoms with Crippen LogP contribution in [0.4, 0.5) is 9.59 Å². The fraction of sp³-hybridized carbons (Fsp3) is 0.532. The van der Waals surface area contributed by atoms with E-state index < -0.39 is 29.2 Å². The first-order chi connectivity index (χ1) is 27.7. The topological polar surface area (TPSA) is 118 Å². The van der Waals surface area contributed by atoms with Gasteiger partial charge in [-0.15, -0.1) is 0 Å². The van der Waals surface area contributed by atoms with Crippen LogP contribution in [0.1, 0.15) is 95.9 Å². The number of alkyl carbamates (subject to hydrolysis) is 1. The van der Waals surface area contributed by atoms with Crippen molar-refractivity contribution in [2.45, 2.75) is 96.9 Å². The molecule has 3 aromatic carbocycles. The molecule has 7 rings (SSSR count). The summed E-state index contributed by atoms with van der Waals surface area (Å²) in [6.45, 7) is 14.3. The highest BCUT2D eigenvalue weighted by Gasteiger charge is 2.49. The number of carbonyl (C=O) groups is 4. The van der Waals surface area contributed by atoms with E-state index in [1.54, 1.807) is 9.80 Å². The Kier molecular flexibility index (Phi) is 12.2. The van der Waals surface area contributed by atoms with Crippen molar-refractivity contribution in [3.63, 3.8) is 0 Å². The number of hydrogen-bond donors (Lipinski definition) is 1. The number of nitrogens with one attached hydrogen (secondary N) is 1. The molecular weight excluding hydrogens is 733 g/mol. The van der Waals surface area contributed by atoms with Gasteiger partial charge in [0.25, 0.3) is 0 Å². The molecule has 11 heteroatoms. The molecule has 3 aromatic rings. The number of piperidine rings is 1. The minimum atomic E-state index is -0.934. The summed E-state index contributed by atoms with van der Waals surface area (Å²) in [5, 5.41) is 2.95. The SMILES string of the molecule is CC(C)(C)OC(=O)N1CCC(C[C@@H]2CCN(C(=O)[C@@H](NC(=O)OCC3c4ccccc4-c4ccccc43)C(C)(C)C)[C@@H]2C(=O)N2CCO[C@H](c3ccccc3)C2)CC1. The van der Waals surface area contributed by atoms with Crippen LogP contribution in [0.15, 0.2) is 78.9 Å². The molecular formula is C47H60N4O7. The fourth-order valence-corrected chi connectivity index (χ4v) is 9.27. The molecule has 0 bridgehead atoms. The van der Waals surface area contributed by atoms with Crippen LogP contribution in [0, 0.1) is 17.3 Å². The summed E-state index contributed by atoms with van der Waals surface area (Å²) >= 11 is 0. The van der Waals surface area contributed by atoms with Gasteiger partial charge in [-0.05, 0) is 91.5 Å². The summed E-state index contributed by atoms with van der Waals surface area (Å²) in [4.78, 5) is 61.6. The maximum atomic E-state index is 14.9. The molecule has 0 spiro atoms. The van der Waals surface area contributed by atoms with Crippen LogP contribution >= 0.6 is 0 Å². The third-order valence-corrected chi connectivity index (χ3v) is 12.2. The van der Waals surface area contributed by atoms with Gasteiger partial charge in [0.1, 0.15) is 30.4 Å². The summed E-state index contributed by atoms with van der Waals surface area (Å²) in [5.41, 5.74) is 4.25. The number of amides is 4. The highest BCUT2D eigenvalue weighted by Crippen LogP contribution is 2.44. The molecule has 1 N–H and O–H groups in total. The zero-order valence-corrected chi connectivity index (χ0v) is 34.9. The van der Waals surface area contributed by atoms with Crippen molar-refractivity contribution in [1.82, 2.24) is 20.0 Å². The molecule has 4 amide bonds. The smallest absolute Gasteiger partial charge is 0.410 e. The van der Waals surface area contributed by atoms with Crippen LogP contribution in [0.2, 0.25) is 0 Å². The first kappa shape index (κ1) is 41.3. The van der Waals surface area contributed by atoms with E-state index >= 15 is 0 Å². The van der Waals surface area contributed by atoms with Crippen molar-refractivity contribution < 1.29 is 33.4 Å². The lowest BCUT2D eigenvalue weighted by atomic mass is 9.82. The van der Waals surface area contributed by atoms with Crippen LogP contribution < -0.4 is 5.32 Å². The molecule has 0 radical (unpaired) electrons. The maximum absolute atomic E-state index is 14.9. The van der Waals surface area contributed by atoms with E-state index in [0.29, 0.717) is 45.8 Å². The van der Waals surface area contributed by atoms with Crippen LogP contribution in [0.3, 0.4) is 0 Å². The van der Waals surface area contributed by atoms with Gasteiger partial charge in [0, 0.05) is 32.1 Å². The number of rotatable bonds is 8. The first-order valence-electron chi connectivity index (χ1n) is 21.0. The van der Waals surface area contributed by atoms with Gasteiger partial charge < -0.3 is 34.2 Å². The first-order valence-corrected chi connectivity index (χ1v) is 21.0. The van der Waals surface area contributed by atoms with Crippen molar-refractivity contribution >= 4 is 24.0 Å². The largest absolute Gasteiger partial charge is 0.449 e. The summed E-state index contributed by atoms with van der Waals surface area (Å²) < 4.78 is 17.7. The highest BCUT2D eigenvalue weighted by molar-refractivity contribution is 5.92. The number of likely N-dealkylation sites (tertiary alicyclic amines) is 2. The molecule has 0 saturated carbocycles. The second-order valence-corrected chi connectivity index (χ2v) is 18.5. The number of morpholine rings is 1. The van der Waals surface area contributed by atoms with E-state index in [1.807, 2.05) is 101 Å². The lowest BCUT2D eigenvalue weighted by Crippen LogP contribution is -2.59. The lowest BCUT2D eigenvalue weighted by molar-refractivity contribution is -0.152. The number of ether oxygens (including phenoxy) is 3. The van der Waals surface area contributed by atoms with E-state index in [0.717, 1.165) is 47.1 Å². The average molecular weight is 793 g/mol. The van der Waals surface area contributed by atoms with Gasteiger partial charge in [-0.1, -0.05) is 99.6 Å². The fourth-order valence-electron chi connectivity index (χ4n) is 9.27. The van der Waals surface area contributed by atoms with Crippen molar-refractivity contribution in [3.05, 3.63) is 95.6 Å². The van der Waals surface area contributed by atoms with Gasteiger partial charge >= 0.3 is 12.2 Å². The van der Waals surface area contributed by atoms with Crippen LogP contribution in [0.5, 0.6) is 0 Å². The van der Waals surface area contributed by atoms with E-state index in [-0.39, 0.29) is 48.4 Å². The molecule has 58 heavy (non-hydrogen) atoms. The number of hydrogen-bond acceptors (Lipinski definition) is 7. The highest BCUT2D eigenvalue weighted by atomic mass is 16.6. The van der Waals surface area contributed by atoms with Gasteiger partial charge in [-0.25, -0.2) is 9.59 Å². The molecule has 3 fully saturated rings. The molecule has 4 aliphatic rings. The Hall–Kier alpha value is -4.90. The Bertz CT molecular complexity index is 1900. The van der Waals surface area contributed by atoms with E-state index in [9.17, 15) is 19.2 Å². The van der Waals surface area contributed by atoms with Crippen LogP contribution in [-0.4, -0.2) is 102 Å². The summed E-state index contributed by atoms with van der Waals surface area (Å²) in [6, 6.07) is 24.7. The Morgan fingerprint density at radius 1 is 0.776 bits per heavy atom. The minimum absolute atomic E-state index is 0.0809. The van der Waals surface area contributed by atoms with Gasteiger partial charge in [-0.3, -0.25) is 9.59 Å². The second kappa shape index (κ2) is 17.1. The molecule has 0 aromatic heterocycles. The summed E-state index contributed by atoms with van der Waals surface area (Å²) in [7, 11) is 0. The summed E-state index contributed by atoms with van der Waals surface area (Å²) in [6.07, 6.45) is 1.80. The molecule has 3 saturated heterocycles. The monoisotopic (exact) mass is 792 g/mol. The zero-order chi connectivity index (χ0) is 41.2. The minimum Gasteiger partial charge on any atom is -0.449 e. The quantitative estimate of drug-likeness (QED) is 0.248. The van der Waals surface area contributed by atoms with E-state index in [2.05, 4.69) is 29.6 Å². The average Bonchev–Trinajstić information content (AvgIpc) is 3.77. The molecule has 3 aliphatic heterocycles. The predicted molar refractivity (Wildman–Crippen MR) is 222 cm³/mol. The molecule has 3 heterocycles. The Morgan fingerprint density at radius 3 is 2.02 bits per heavy atom. The maximum Gasteiger partial charge on any atom is 0.410 e. The normalized spacial score (nSPS) is 21.9. The summed E-state index contributed by atoms with van der Waals surface area (Å²) in [5.74, 6) is -0.280. The van der Waals surface area contributed by atoms with Crippen LogP contribution in [-0.2, 0) is 23.8 Å². The van der Waals surface area contributed by atoms with Crippen molar-refractivity contribution in [1.29, 1.82) is 0 Å². The van der Waals surface area contributed by atoms with Gasteiger partial charge in [0.15, 0.2) is 0 Å². The van der Waals surface area contributed by atoms with Crippen molar-refractivity contribution in [2.24, 2.45) is 17.3 Å². The standard InChI is InChI=1S/C47H60N4O7/c1-46(2,3)41(48-44(54)57-30-38-36-18-12-10-16-34(36)35-17-11-13-19-37(35)38)43(53)51-25-22-33(28-31-20-23-49(24-21-31)45(55)58-47(4,5)6)40(51)42(52)50-26-27-56-39(29-50)32-14-8-7-9-15-32/h7-19,31,33,38-41H,20-30H2,1-6H3,(H,48,54)/t33-,39-,40-,41+/m0/s1.